The van der Waals surface area contributed by atoms with E-state index in [-0.39, 0.29) is 0 Å². The lowest BCUT2D eigenvalue weighted by Gasteiger charge is -2.26. The monoisotopic (exact) mass is 666 g/mol. The molecule has 0 bridgehead atoms. The van der Waals surface area contributed by atoms with Crippen LogP contribution in [0.3, 0.4) is 0 Å². The lowest BCUT2D eigenvalue weighted by atomic mass is 10.0. The smallest absolute Gasteiger partial charge is 0.159 e. The lowest BCUT2D eigenvalue weighted by molar-refractivity contribution is 0.668. The van der Waals surface area contributed by atoms with Crippen molar-refractivity contribution in [2.45, 2.75) is 0 Å². The molecule has 11 aromatic rings. The van der Waals surface area contributed by atoms with Crippen molar-refractivity contribution in [1.82, 2.24) is 4.57 Å². The van der Waals surface area contributed by atoms with Crippen LogP contribution in [0, 0.1) is 0 Å². The number of anilines is 3. The van der Waals surface area contributed by atoms with Crippen molar-refractivity contribution in [2.75, 3.05) is 4.90 Å². The quantitative estimate of drug-likeness (QED) is 0.183. The number of benzene rings is 8. The molecule has 52 heavy (non-hydrogen) atoms. The predicted octanol–water partition coefficient (Wildman–Crippen LogP) is 13.7. The second-order valence-corrected chi connectivity index (χ2v) is 13.3. The first-order valence-corrected chi connectivity index (χ1v) is 17.6. The van der Waals surface area contributed by atoms with Gasteiger partial charge in [-0.05, 0) is 77.9 Å². The molecule has 3 heterocycles. The molecule has 0 saturated carbocycles. The third kappa shape index (κ3) is 4.28. The van der Waals surface area contributed by atoms with Gasteiger partial charge in [0.25, 0.3) is 0 Å². The molecule has 0 spiro atoms. The zero-order chi connectivity index (χ0) is 34.2. The highest BCUT2D eigenvalue weighted by Gasteiger charge is 2.23. The van der Waals surface area contributed by atoms with Crippen LogP contribution in [0.5, 0.6) is 0 Å². The fourth-order valence-electron chi connectivity index (χ4n) is 8.07. The molecule has 3 aromatic heterocycles. The maximum Gasteiger partial charge on any atom is 0.159 e. The molecular formula is C48H30N2O2. The largest absolute Gasteiger partial charge is 0.456 e. The minimum atomic E-state index is 0.844. The molecule has 0 unspecified atom stereocenters. The van der Waals surface area contributed by atoms with Gasteiger partial charge < -0.3 is 18.3 Å². The summed E-state index contributed by atoms with van der Waals surface area (Å²) in [6.45, 7) is 0. The molecule has 0 atom stereocenters. The van der Waals surface area contributed by atoms with E-state index in [1.165, 1.54) is 21.8 Å². The number of para-hydroxylation sites is 5. The summed E-state index contributed by atoms with van der Waals surface area (Å²) in [5.41, 5.74) is 12.3. The van der Waals surface area contributed by atoms with Gasteiger partial charge in [-0.2, -0.15) is 0 Å². The lowest BCUT2D eigenvalue weighted by Crippen LogP contribution is -2.10. The average Bonchev–Trinajstić information content (AvgIpc) is 3.89. The van der Waals surface area contributed by atoms with E-state index in [2.05, 4.69) is 161 Å². The van der Waals surface area contributed by atoms with Gasteiger partial charge in [0.2, 0.25) is 0 Å². The normalized spacial score (nSPS) is 11.8. The van der Waals surface area contributed by atoms with Gasteiger partial charge in [0.05, 0.1) is 27.8 Å². The minimum Gasteiger partial charge on any atom is -0.456 e. The Hall–Kier alpha value is -7.04. The second-order valence-electron chi connectivity index (χ2n) is 13.3. The first-order chi connectivity index (χ1) is 25.8. The van der Waals surface area contributed by atoms with Gasteiger partial charge in [-0.1, -0.05) is 115 Å². The fourth-order valence-corrected chi connectivity index (χ4v) is 8.07. The molecule has 4 heteroatoms. The van der Waals surface area contributed by atoms with Gasteiger partial charge in [-0.3, -0.25) is 0 Å². The molecule has 0 radical (unpaired) electrons. The van der Waals surface area contributed by atoms with E-state index in [1.54, 1.807) is 0 Å². The van der Waals surface area contributed by atoms with Crippen LogP contribution in [0.2, 0.25) is 0 Å². The van der Waals surface area contributed by atoms with Crippen LogP contribution >= 0.6 is 0 Å². The van der Waals surface area contributed by atoms with Crippen molar-refractivity contribution in [1.29, 1.82) is 0 Å². The third-order valence-corrected chi connectivity index (χ3v) is 10.4. The summed E-state index contributed by atoms with van der Waals surface area (Å²) < 4.78 is 15.4. The highest BCUT2D eigenvalue weighted by atomic mass is 16.3. The number of fused-ring (bicyclic) bond motifs is 9. The Balaban J connectivity index is 1.11. The van der Waals surface area contributed by atoms with Crippen LogP contribution in [-0.2, 0) is 0 Å². The molecule has 0 amide bonds. The average molecular weight is 667 g/mol. The minimum absolute atomic E-state index is 0.844. The van der Waals surface area contributed by atoms with E-state index >= 15 is 0 Å². The molecule has 244 valence electrons. The van der Waals surface area contributed by atoms with Gasteiger partial charge in [-0.25, -0.2) is 0 Å². The fraction of sp³-hybridized carbons (Fsp3) is 0. The van der Waals surface area contributed by atoms with E-state index in [9.17, 15) is 0 Å². The topological polar surface area (TPSA) is 34.5 Å². The van der Waals surface area contributed by atoms with E-state index in [4.69, 9.17) is 8.83 Å². The standard InChI is InChI=1S/C48H30N2O2/c1-2-12-33(13-3-1)49-40-18-7-4-14-35(40)36-29-26-32(30-43(36)49)31-24-27-34(28-25-31)50(41-19-11-23-46-47(41)39-16-6-9-22-45(39)51-46)42-20-10-17-38-37-15-5-8-21-44(37)52-48(38)42/h1-30H. The van der Waals surface area contributed by atoms with Crippen LogP contribution < -0.4 is 4.90 Å². The van der Waals surface area contributed by atoms with Gasteiger partial charge in [-0.15, -0.1) is 0 Å². The van der Waals surface area contributed by atoms with Gasteiger partial charge >= 0.3 is 0 Å². The first-order valence-electron chi connectivity index (χ1n) is 17.6. The zero-order valence-corrected chi connectivity index (χ0v) is 28.0. The number of hydrogen-bond donors (Lipinski definition) is 0. The van der Waals surface area contributed by atoms with Gasteiger partial charge in [0.1, 0.15) is 16.7 Å². The van der Waals surface area contributed by atoms with Crippen molar-refractivity contribution in [2.24, 2.45) is 0 Å². The summed E-state index contributed by atoms with van der Waals surface area (Å²) in [5, 5.41) is 6.82. The van der Waals surface area contributed by atoms with Crippen molar-refractivity contribution in [3.05, 3.63) is 182 Å². The summed E-state index contributed by atoms with van der Waals surface area (Å²) in [7, 11) is 0. The SMILES string of the molecule is c1ccc(-n2c3ccccc3c3ccc(-c4ccc(N(c5cccc6c5oc5ccccc56)c5cccc6oc7ccccc7c56)cc4)cc32)cc1. The Labute approximate surface area is 299 Å². The maximum absolute atomic E-state index is 6.63. The van der Waals surface area contributed by atoms with Crippen LogP contribution in [0.15, 0.2) is 191 Å². The number of furan rings is 2. The van der Waals surface area contributed by atoms with Gasteiger partial charge in [0.15, 0.2) is 5.58 Å². The Bertz CT molecular complexity index is 3130. The van der Waals surface area contributed by atoms with E-state index in [0.717, 1.165) is 77.8 Å². The number of nitrogens with zero attached hydrogens (tertiary/aromatic N) is 2. The number of rotatable bonds is 5. The van der Waals surface area contributed by atoms with E-state index in [1.807, 2.05) is 30.3 Å². The molecule has 0 aliphatic heterocycles. The molecule has 0 fully saturated rings. The summed E-state index contributed by atoms with van der Waals surface area (Å²) in [4.78, 5) is 2.31. The van der Waals surface area contributed by atoms with Crippen LogP contribution in [0.25, 0.3) is 82.5 Å². The Morgan fingerprint density at radius 3 is 1.85 bits per heavy atom. The summed E-state index contributed by atoms with van der Waals surface area (Å²) in [6.07, 6.45) is 0. The Morgan fingerprint density at radius 1 is 0.385 bits per heavy atom. The van der Waals surface area contributed by atoms with Crippen LogP contribution in [-0.4, -0.2) is 4.57 Å². The summed E-state index contributed by atoms with van der Waals surface area (Å²) in [6, 6.07) is 64.2. The van der Waals surface area contributed by atoms with Crippen molar-refractivity contribution in [3.8, 4) is 16.8 Å². The maximum atomic E-state index is 6.63. The molecule has 0 aliphatic carbocycles. The first kappa shape index (κ1) is 28.8. The molecule has 11 rings (SSSR count). The predicted molar refractivity (Wildman–Crippen MR) is 215 cm³/mol. The molecule has 0 aliphatic rings. The Kier molecular flexibility index (Phi) is 6.22. The highest BCUT2D eigenvalue weighted by Crippen LogP contribution is 2.46. The molecule has 0 saturated heterocycles. The summed E-state index contributed by atoms with van der Waals surface area (Å²) in [5.74, 6) is 0. The number of hydrogen-bond acceptors (Lipinski definition) is 3. The highest BCUT2D eigenvalue weighted by molar-refractivity contribution is 6.16. The third-order valence-electron chi connectivity index (χ3n) is 10.4. The van der Waals surface area contributed by atoms with Crippen molar-refractivity contribution in [3.63, 3.8) is 0 Å². The molecular weight excluding hydrogens is 637 g/mol. The van der Waals surface area contributed by atoms with E-state index < -0.39 is 0 Å². The molecule has 0 N–H and O–H groups in total. The van der Waals surface area contributed by atoms with Crippen molar-refractivity contribution >= 4 is 82.7 Å². The van der Waals surface area contributed by atoms with Crippen LogP contribution in [0.4, 0.5) is 17.1 Å². The molecule has 8 aromatic carbocycles. The molecule has 4 nitrogen and oxygen atoms in total. The zero-order valence-electron chi connectivity index (χ0n) is 28.0. The van der Waals surface area contributed by atoms with Crippen molar-refractivity contribution < 1.29 is 8.83 Å². The second kappa shape index (κ2) is 11.2. The van der Waals surface area contributed by atoms with Crippen LogP contribution in [0.1, 0.15) is 0 Å². The Morgan fingerprint density at radius 2 is 1.00 bits per heavy atom. The van der Waals surface area contributed by atoms with E-state index in [0.29, 0.717) is 0 Å². The number of aromatic nitrogens is 1. The van der Waals surface area contributed by atoms with Gasteiger partial charge in [0, 0.05) is 38.3 Å². The summed E-state index contributed by atoms with van der Waals surface area (Å²) >= 11 is 0.